The van der Waals surface area contributed by atoms with Crippen LogP contribution in [0.25, 0.3) is 0 Å². The van der Waals surface area contributed by atoms with Crippen LogP contribution in [0.4, 0.5) is 0 Å². The molecule has 0 saturated carbocycles. The number of carboxylic acids is 1. The first-order chi connectivity index (χ1) is 7.24. The summed E-state index contributed by atoms with van der Waals surface area (Å²) in [5, 5.41) is 12.3. The van der Waals surface area contributed by atoms with E-state index in [4.69, 9.17) is 9.63 Å². The highest BCUT2D eigenvalue weighted by Crippen LogP contribution is 2.25. The fraction of sp³-hybridized carbons (Fsp3) is 0.667. The van der Waals surface area contributed by atoms with Crippen LogP contribution in [-0.2, 0) is 17.6 Å². The average Bonchev–Trinajstić information content (AvgIpc) is 2.77. The Morgan fingerprint density at radius 3 is 3.20 bits per heavy atom. The third kappa shape index (κ3) is 2.95. The Kier molecular flexibility index (Phi) is 3.25. The second-order valence-corrected chi connectivity index (χ2v) is 4.76. The average molecular weight is 228 g/mol. The Labute approximate surface area is 91.2 Å². The fourth-order valence-corrected chi connectivity index (χ4v) is 2.86. The Hall–Kier alpha value is -1.04. The van der Waals surface area contributed by atoms with Gasteiger partial charge in [-0.15, -0.1) is 0 Å². The molecule has 1 atom stereocenters. The maximum atomic E-state index is 10.4. The standard InChI is InChI=1S/C9H12N2O3S/c12-9(13)4-8-10-7(11-14-8)3-6-1-2-15-5-6/h6H,1-5H2,(H,12,13). The Bertz CT molecular complexity index is 347. The normalized spacial score (nSPS) is 20.7. The summed E-state index contributed by atoms with van der Waals surface area (Å²) >= 11 is 1.94. The van der Waals surface area contributed by atoms with Crippen molar-refractivity contribution >= 4 is 17.7 Å². The van der Waals surface area contributed by atoms with Crippen molar-refractivity contribution in [3.8, 4) is 0 Å². The van der Waals surface area contributed by atoms with Crippen LogP contribution in [0.3, 0.4) is 0 Å². The largest absolute Gasteiger partial charge is 0.481 e. The van der Waals surface area contributed by atoms with Gasteiger partial charge in [0.2, 0.25) is 5.89 Å². The van der Waals surface area contributed by atoms with Crippen LogP contribution < -0.4 is 0 Å². The third-order valence-corrected chi connectivity index (χ3v) is 3.54. The first-order valence-electron chi connectivity index (χ1n) is 4.85. The van der Waals surface area contributed by atoms with Gasteiger partial charge in [0, 0.05) is 6.42 Å². The molecule has 6 heteroatoms. The minimum atomic E-state index is -0.943. The molecular weight excluding hydrogens is 216 g/mol. The Morgan fingerprint density at radius 2 is 2.53 bits per heavy atom. The molecule has 1 aliphatic heterocycles. The number of thioether (sulfide) groups is 1. The molecule has 0 radical (unpaired) electrons. The zero-order valence-electron chi connectivity index (χ0n) is 8.18. The summed E-state index contributed by atoms with van der Waals surface area (Å²) in [5.74, 6) is 2.85. The van der Waals surface area contributed by atoms with Gasteiger partial charge in [-0.05, 0) is 23.8 Å². The summed E-state index contributed by atoms with van der Waals surface area (Å²) in [7, 11) is 0. The highest BCUT2D eigenvalue weighted by Gasteiger charge is 2.19. The quantitative estimate of drug-likeness (QED) is 0.828. The van der Waals surface area contributed by atoms with Crippen molar-refractivity contribution in [2.75, 3.05) is 11.5 Å². The minimum absolute atomic E-state index is 0.188. The van der Waals surface area contributed by atoms with E-state index in [-0.39, 0.29) is 12.3 Å². The molecule has 1 N–H and O–H groups in total. The zero-order chi connectivity index (χ0) is 10.7. The Balaban J connectivity index is 1.91. The van der Waals surface area contributed by atoms with Crippen molar-refractivity contribution in [1.29, 1.82) is 0 Å². The van der Waals surface area contributed by atoms with Gasteiger partial charge in [-0.3, -0.25) is 4.79 Å². The van der Waals surface area contributed by atoms with Gasteiger partial charge in [-0.2, -0.15) is 16.7 Å². The van der Waals surface area contributed by atoms with E-state index in [1.54, 1.807) is 0 Å². The number of carbonyl (C=O) groups is 1. The number of hydrogen-bond donors (Lipinski definition) is 1. The van der Waals surface area contributed by atoms with E-state index in [1.807, 2.05) is 11.8 Å². The number of hydrogen-bond acceptors (Lipinski definition) is 5. The van der Waals surface area contributed by atoms with E-state index in [1.165, 1.54) is 12.2 Å². The van der Waals surface area contributed by atoms with Gasteiger partial charge < -0.3 is 9.63 Å². The maximum Gasteiger partial charge on any atom is 0.312 e. The SMILES string of the molecule is O=C(O)Cc1nc(CC2CCSC2)no1. The first-order valence-corrected chi connectivity index (χ1v) is 6.00. The van der Waals surface area contributed by atoms with E-state index < -0.39 is 5.97 Å². The van der Waals surface area contributed by atoms with Gasteiger partial charge in [0.05, 0.1) is 0 Å². The van der Waals surface area contributed by atoms with E-state index in [0.29, 0.717) is 11.7 Å². The van der Waals surface area contributed by atoms with Crippen molar-refractivity contribution in [2.24, 2.45) is 5.92 Å². The molecule has 0 amide bonds. The van der Waals surface area contributed by atoms with Gasteiger partial charge in [-0.1, -0.05) is 5.16 Å². The van der Waals surface area contributed by atoms with Crippen LogP contribution in [0.5, 0.6) is 0 Å². The molecule has 1 aliphatic rings. The predicted octanol–water partition coefficient (Wildman–Crippen LogP) is 0.992. The topological polar surface area (TPSA) is 76.2 Å². The molecule has 0 aromatic carbocycles. The van der Waals surface area contributed by atoms with Crippen LogP contribution in [-0.4, -0.2) is 32.7 Å². The maximum absolute atomic E-state index is 10.4. The molecule has 1 fully saturated rings. The van der Waals surface area contributed by atoms with Gasteiger partial charge in [0.1, 0.15) is 6.42 Å². The number of rotatable bonds is 4. The Morgan fingerprint density at radius 1 is 1.67 bits per heavy atom. The molecule has 1 saturated heterocycles. The summed E-state index contributed by atoms with van der Waals surface area (Å²) in [4.78, 5) is 14.4. The van der Waals surface area contributed by atoms with Gasteiger partial charge >= 0.3 is 5.97 Å². The van der Waals surface area contributed by atoms with Crippen LogP contribution in [0.1, 0.15) is 18.1 Å². The molecule has 0 bridgehead atoms. The fourth-order valence-electron chi connectivity index (χ4n) is 1.58. The molecule has 15 heavy (non-hydrogen) atoms. The second kappa shape index (κ2) is 4.65. The molecule has 0 aliphatic carbocycles. The van der Waals surface area contributed by atoms with E-state index in [0.717, 1.165) is 12.2 Å². The molecule has 82 valence electrons. The number of nitrogens with zero attached hydrogens (tertiary/aromatic N) is 2. The molecule has 0 spiro atoms. The van der Waals surface area contributed by atoms with Gasteiger partial charge in [0.25, 0.3) is 0 Å². The number of aromatic nitrogens is 2. The second-order valence-electron chi connectivity index (χ2n) is 3.61. The highest BCUT2D eigenvalue weighted by atomic mass is 32.2. The van der Waals surface area contributed by atoms with E-state index in [9.17, 15) is 4.79 Å². The summed E-state index contributed by atoms with van der Waals surface area (Å²) in [6, 6.07) is 0. The van der Waals surface area contributed by atoms with E-state index >= 15 is 0 Å². The molecule has 1 aromatic rings. The minimum Gasteiger partial charge on any atom is -0.481 e. The van der Waals surface area contributed by atoms with Gasteiger partial charge in [-0.25, -0.2) is 0 Å². The molecular formula is C9H12N2O3S. The lowest BCUT2D eigenvalue weighted by Crippen LogP contribution is -2.04. The zero-order valence-corrected chi connectivity index (χ0v) is 9.00. The van der Waals surface area contributed by atoms with Crippen molar-refractivity contribution in [2.45, 2.75) is 19.3 Å². The lowest BCUT2D eigenvalue weighted by Gasteiger charge is -2.01. The van der Waals surface area contributed by atoms with Crippen LogP contribution >= 0.6 is 11.8 Å². The van der Waals surface area contributed by atoms with E-state index in [2.05, 4.69) is 10.1 Å². The van der Waals surface area contributed by atoms with Crippen molar-refractivity contribution < 1.29 is 14.4 Å². The first kappa shape index (κ1) is 10.5. The molecule has 2 rings (SSSR count). The molecule has 1 unspecified atom stereocenters. The third-order valence-electron chi connectivity index (χ3n) is 2.31. The number of aliphatic carboxylic acids is 1. The monoisotopic (exact) mass is 228 g/mol. The van der Waals surface area contributed by atoms with Crippen LogP contribution in [0, 0.1) is 5.92 Å². The number of carboxylic acid groups (broad SMARTS) is 1. The lowest BCUT2D eigenvalue weighted by molar-refractivity contribution is -0.136. The van der Waals surface area contributed by atoms with Crippen LogP contribution in [0.15, 0.2) is 4.52 Å². The van der Waals surface area contributed by atoms with Gasteiger partial charge in [0.15, 0.2) is 5.82 Å². The molecule has 5 nitrogen and oxygen atoms in total. The summed E-state index contributed by atoms with van der Waals surface area (Å²) in [6.45, 7) is 0. The predicted molar refractivity (Wildman–Crippen MR) is 54.8 cm³/mol. The smallest absolute Gasteiger partial charge is 0.312 e. The molecule has 1 aromatic heterocycles. The summed E-state index contributed by atoms with van der Waals surface area (Å²) < 4.78 is 4.84. The lowest BCUT2D eigenvalue weighted by atomic mass is 10.1. The van der Waals surface area contributed by atoms with Crippen molar-refractivity contribution in [3.63, 3.8) is 0 Å². The highest BCUT2D eigenvalue weighted by molar-refractivity contribution is 7.99. The van der Waals surface area contributed by atoms with Crippen molar-refractivity contribution in [3.05, 3.63) is 11.7 Å². The summed E-state index contributed by atoms with van der Waals surface area (Å²) in [5.41, 5.74) is 0. The molecule has 2 heterocycles. The van der Waals surface area contributed by atoms with Crippen LogP contribution in [0.2, 0.25) is 0 Å². The van der Waals surface area contributed by atoms with Crippen molar-refractivity contribution in [1.82, 2.24) is 10.1 Å². The summed E-state index contributed by atoms with van der Waals surface area (Å²) in [6.07, 6.45) is 1.80.